The lowest BCUT2D eigenvalue weighted by Crippen LogP contribution is -2.00. The molecule has 0 spiro atoms. The van der Waals surface area contributed by atoms with E-state index in [1.54, 1.807) is 17.5 Å². The number of aromatic nitrogens is 2. The summed E-state index contributed by atoms with van der Waals surface area (Å²) in [5, 5.41) is 2.06. The highest BCUT2D eigenvalue weighted by Crippen LogP contribution is 2.13. The average Bonchev–Trinajstić information content (AvgIpc) is 2.64. The topological polar surface area (TPSA) is 51.8 Å². The van der Waals surface area contributed by atoms with E-state index >= 15 is 0 Å². The summed E-state index contributed by atoms with van der Waals surface area (Å²) < 4.78 is 0. The van der Waals surface area contributed by atoms with Crippen molar-refractivity contribution in [2.24, 2.45) is 0 Å². The van der Waals surface area contributed by atoms with E-state index in [0.717, 1.165) is 17.9 Å². The van der Waals surface area contributed by atoms with Gasteiger partial charge in [-0.05, 0) is 18.4 Å². The lowest BCUT2D eigenvalue weighted by Gasteiger charge is -2.01. The largest absolute Gasteiger partial charge is 0.396 e. The van der Waals surface area contributed by atoms with E-state index in [0.29, 0.717) is 5.69 Å². The molecule has 0 atom stereocenters. The van der Waals surface area contributed by atoms with Gasteiger partial charge < -0.3 is 5.73 Å². The minimum Gasteiger partial charge on any atom is -0.396 e. The smallest absolute Gasteiger partial charge is 0.133 e. The summed E-state index contributed by atoms with van der Waals surface area (Å²) in [6.07, 6.45) is 2.46. The molecule has 0 radical (unpaired) electrons. The standard InChI is InChI=1S/C10H11N3S/c1-7-9(11)6-12-10(13-7)5-8-3-2-4-14-8/h2-4,6H,5,11H2,1H3. The number of anilines is 1. The van der Waals surface area contributed by atoms with Crippen LogP contribution in [0.25, 0.3) is 0 Å². The molecule has 2 N–H and O–H groups in total. The Morgan fingerprint density at radius 1 is 1.50 bits per heavy atom. The van der Waals surface area contributed by atoms with Crippen LogP contribution in [0, 0.1) is 6.92 Å². The predicted molar refractivity (Wildman–Crippen MR) is 58.3 cm³/mol. The highest BCUT2D eigenvalue weighted by Gasteiger charge is 2.02. The first kappa shape index (κ1) is 9.15. The van der Waals surface area contributed by atoms with Crippen molar-refractivity contribution >= 4 is 17.0 Å². The molecule has 0 aliphatic carbocycles. The van der Waals surface area contributed by atoms with Gasteiger partial charge in [0.15, 0.2) is 0 Å². The third-order valence-electron chi connectivity index (χ3n) is 1.98. The summed E-state index contributed by atoms with van der Waals surface area (Å²) in [5.41, 5.74) is 7.15. The predicted octanol–water partition coefficient (Wildman–Crippen LogP) is 2.02. The highest BCUT2D eigenvalue weighted by atomic mass is 32.1. The molecule has 3 nitrogen and oxygen atoms in total. The maximum atomic E-state index is 5.64. The van der Waals surface area contributed by atoms with Crippen LogP contribution < -0.4 is 5.73 Å². The number of hydrogen-bond acceptors (Lipinski definition) is 4. The Bertz CT molecular complexity index is 423. The number of hydrogen-bond donors (Lipinski definition) is 1. The molecular weight excluding hydrogens is 194 g/mol. The van der Waals surface area contributed by atoms with Gasteiger partial charge in [-0.15, -0.1) is 11.3 Å². The quantitative estimate of drug-likeness (QED) is 0.816. The Morgan fingerprint density at radius 2 is 2.36 bits per heavy atom. The Kier molecular flexibility index (Phi) is 2.45. The molecule has 0 aliphatic rings. The summed E-state index contributed by atoms with van der Waals surface area (Å²) in [7, 11) is 0. The van der Waals surface area contributed by atoms with Gasteiger partial charge in [-0.1, -0.05) is 6.07 Å². The fourth-order valence-corrected chi connectivity index (χ4v) is 1.88. The van der Waals surface area contributed by atoms with Crippen molar-refractivity contribution in [2.45, 2.75) is 13.3 Å². The van der Waals surface area contributed by atoms with E-state index in [1.165, 1.54) is 4.88 Å². The average molecular weight is 205 g/mol. The third kappa shape index (κ3) is 1.90. The van der Waals surface area contributed by atoms with E-state index in [4.69, 9.17) is 5.73 Å². The number of rotatable bonds is 2. The van der Waals surface area contributed by atoms with Crippen LogP contribution in [0.2, 0.25) is 0 Å². The van der Waals surface area contributed by atoms with Crippen LogP contribution in [0.5, 0.6) is 0 Å². The van der Waals surface area contributed by atoms with Gasteiger partial charge in [-0.2, -0.15) is 0 Å². The fourth-order valence-electron chi connectivity index (χ4n) is 1.18. The lowest BCUT2D eigenvalue weighted by molar-refractivity contribution is 0.956. The molecule has 0 saturated carbocycles. The van der Waals surface area contributed by atoms with E-state index in [-0.39, 0.29) is 0 Å². The SMILES string of the molecule is Cc1nc(Cc2cccs2)ncc1N. The van der Waals surface area contributed by atoms with Crippen molar-refractivity contribution in [3.05, 3.63) is 40.1 Å². The molecule has 0 fully saturated rings. The molecule has 0 aliphatic heterocycles. The summed E-state index contributed by atoms with van der Waals surface area (Å²) in [4.78, 5) is 9.78. The van der Waals surface area contributed by atoms with Gasteiger partial charge in [0.05, 0.1) is 17.6 Å². The molecule has 14 heavy (non-hydrogen) atoms. The van der Waals surface area contributed by atoms with Crippen LogP contribution in [-0.2, 0) is 6.42 Å². The van der Waals surface area contributed by atoms with Gasteiger partial charge in [0.2, 0.25) is 0 Å². The number of nitrogen functional groups attached to an aromatic ring is 1. The van der Waals surface area contributed by atoms with Crippen LogP contribution in [0.3, 0.4) is 0 Å². The molecule has 0 saturated heterocycles. The number of thiophene rings is 1. The normalized spacial score (nSPS) is 10.4. The second kappa shape index (κ2) is 3.75. The second-order valence-corrected chi connectivity index (χ2v) is 4.12. The molecule has 0 unspecified atom stereocenters. The van der Waals surface area contributed by atoms with Crippen molar-refractivity contribution in [2.75, 3.05) is 5.73 Å². The first-order valence-electron chi connectivity index (χ1n) is 4.36. The third-order valence-corrected chi connectivity index (χ3v) is 2.86. The van der Waals surface area contributed by atoms with Gasteiger partial charge in [-0.3, -0.25) is 0 Å². The monoisotopic (exact) mass is 205 g/mol. The van der Waals surface area contributed by atoms with Crippen LogP contribution in [0.15, 0.2) is 23.7 Å². The van der Waals surface area contributed by atoms with Crippen molar-refractivity contribution in [3.8, 4) is 0 Å². The second-order valence-electron chi connectivity index (χ2n) is 3.08. The number of aryl methyl sites for hydroxylation is 1. The number of nitrogens with two attached hydrogens (primary N) is 1. The molecule has 4 heteroatoms. The Labute approximate surface area is 86.6 Å². The van der Waals surface area contributed by atoms with Gasteiger partial charge in [0.1, 0.15) is 5.82 Å². The highest BCUT2D eigenvalue weighted by molar-refractivity contribution is 7.09. The summed E-state index contributed by atoms with van der Waals surface area (Å²) in [5.74, 6) is 0.833. The van der Waals surface area contributed by atoms with Crippen molar-refractivity contribution in [1.82, 2.24) is 9.97 Å². The molecule has 2 aromatic heterocycles. The van der Waals surface area contributed by atoms with E-state index < -0.39 is 0 Å². The lowest BCUT2D eigenvalue weighted by atomic mass is 10.3. The molecule has 72 valence electrons. The molecule has 2 heterocycles. The van der Waals surface area contributed by atoms with E-state index in [9.17, 15) is 0 Å². The van der Waals surface area contributed by atoms with Gasteiger partial charge in [0.25, 0.3) is 0 Å². The maximum absolute atomic E-state index is 5.64. The summed E-state index contributed by atoms with van der Waals surface area (Å²) >= 11 is 1.72. The maximum Gasteiger partial charge on any atom is 0.133 e. The zero-order valence-corrected chi connectivity index (χ0v) is 8.71. The molecule has 0 bridgehead atoms. The minimum absolute atomic E-state index is 0.653. The van der Waals surface area contributed by atoms with Gasteiger partial charge >= 0.3 is 0 Å². The van der Waals surface area contributed by atoms with E-state index in [1.807, 2.05) is 13.0 Å². The van der Waals surface area contributed by atoms with Gasteiger partial charge in [-0.25, -0.2) is 9.97 Å². The zero-order valence-electron chi connectivity index (χ0n) is 7.90. The van der Waals surface area contributed by atoms with E-state index in [2.05, 4.69) is 21.4 Å². The first-order chi connectivity index (χ1) is 6.75. The fraction of sp³-hybridized carbons (Fsp3) is 0.200. The van der Waals surface area contributed by atoms with Crippen LogP contribution >= 0.6 is 11.3 Å². The Balaban J connectivity index is 2.22. The zero-order chi connectivity index (χ0) is 9.97. The van der Waals surface area contributed by atoms with Crippen molar-refractivity contribution < 1.29 is 0 Å². The molecule has 2 aromatic rings. The molecule has 0 amide bonds. The number of nitrogens with zero attached hydrogens (tertiary/aromatic N) is 2. The Morgan fingerprint density at radius 3 is 3.00 bits per heavy atom. The van der Waals surface area contributed by atoms with Crippen LogP contribution in [-0.4, -0.2) is 9.97 Å². The molecular formula is C10H11N3S. The first-order valence-corrected chi connectivity index (χ1v) is 5.24. The molecule has 2 rings (SSSR count). The van der Waals surface area contributed by atoms with Crippen molar-refractivity contribution in [3.63, 3.8) is 0 Å². The van der Waals surface area contributed by atoms with Crippen LogP contribution in [0.1, 0.15) is 16.4 Å². The molecule has 0 aromatic carbocycles. The summed E-state index contributed by atoms with van der Waals surface area (Å²) in [6, 6.07) is 4.11. The Hall–Kier alpha value is -1.42. The van der Waals surface area contributed by atoms with Crippen molar-refractivity contribution in [1.29, 1.82) is 0 Å². The van der Waals surface area contributed by atoms with Gasteiger partial charge in [0, 0.05) is 11.3 Å². The summed E-state index contributed by atoms with van der Waals surface area (Å²) in [6.45, 7) is 1.90. The van der Waals surface area contributed by atoms with Crippen LogP contribution in [0.4, 0.5) is 5.69 Å². The minimum atomic E-state index is 0.653.